The van der Waals surface area contributed by atoms with Crippen LogP contribution in [0.1, 0.15) is 20.8 Å². The van der Waals surface area contributed by atoms with Gasteiger partial charge in [0.25, 0.3) is 0 Å². The van der Waals surface area contributed by atoms with Crippen molar-refractivity contribution in [3.63, 3.8) is 0 Å². The van der Waals surface area contributed by atoms with Gasteiger partial charge in [-0.3, -0.25) is 4.79 Å². The van der Waals surface area contributed by atoms with Gasteiger partial charge in [-0.25, -0.2) is 4.79 Å². The maximum atomic E-state index is 11.9. The standard InChI is InChI=1S/C12H24N4O2/c1-9(2)14-12(18)16-6-4-15(5-7-16)11(17)10(3)8-13/h9-10H,4-8,13H2,1-3H3,(H,14,18). The lowest BCUT2D eigenvalue weighted by molar-refractivity contribution is -0.136. The van der Waals surface area contributed by atoms with Crippen molar-refractivity contribution < 1.29 is 9.59 Å². The normalized spacial score (nSPS) is 17.8. The van der Waals surface area contributed by atoms with Gasteiger partial charge in [0.1, 0.15) is 0 Å². The first-order chi connectivity index (χ1) is 8.45. The Kier molecular flexibility index (Phi) is 5.40. The van der Waals surface area contributed by atoms with Gasteiger partial charge in [-0.15, -0.1) is 0 Å². The van der Waals surface area contributed by atoms with Crippen LogP contribution < -0.4 is 11.1 Å². The summed E-state index contributed by atoms with van der Waals surface area (Å²) in [5.41, 5.74) is 5.49. The number of amides is 3. The highest BCUT2D eigenvalue weighted by molar-refractivity contribution is 5.79. The average Bonchev–Trinajstić information content (AvgIpc) is 2.36. The van der Waals surface area contributed by atoms with Gasteiger partial charge in [-0.1, -0.05) is 6.92 Å². The van der Waals surface area contributed by atoms with Crippen LogP contribution in [0, 0.1) is 5.92 Å². The Hall–Kier alpha value is -1.30. The highest BCUT2D eigenvalue weighted by Gasteiger charge is 2.26. The topological polar surface area (TPSA) is 78.7 Å². The number of urea groups is 1. The summed E-state index contributed by atoms with van der Waals surface area (Å²) >= 11 is 0. The van der Waals surface area contributed by atoms with E-state index in [1.54, 1.807) is 9.80 Å². The first-order valence-electron chi connectivity index (χ1n) is 6.50. The van der Waals surface area contributed by atoms with Gasteiger partial charge in [0, 0.05) is 44.7 Å². The summed E-state index contributed by atoms with van der Waals surface area (Å²) in [6.45, 7) is 8.42. The zero-order valence-corrected chi connectivity index (χ0v) is 11.5. The van der Waals surface area contributed by atoms with Crippen molar-refractivity contribution in [2.24, 2.45) is 11.7 Å². The number of rotatable bonds is 3. The number of piperazine rings is 1. The van der Waals surface area contributed by atoms with E-state index in [2.05, 4.69) is 5.32 Å². The molecule has 3 amide bonds. The minimum Gasteiger partial charge on any atom is -0.339 e. The van der Waals surface area contributed by atoms with Crippen LogP contribution in [0.3, 0.4) is 0 Å². The monoisotopic (exact) mass is 256 g/mol. The highest BCUT2D eigenvalue weighted by Crippen LogP contribution is 2.07. The van der Waals surface area contributed by atoms with Crippen molar-refractivity contribution in [1.29, 1.82) is 0 Å². The summed E-state index contributed by atoms with van der Waals surface area (Å²) in [5.74, 6) is -0.0533. The second-order valence-electron chi connectivity index (χ2n) is 5.05. The minimum absolute atomic E-state index is 0.0519. The zero-order valence-electron chi connectivity index (χ0n) is 11.5. The molecule has 0 bridgehead atoms. The fourth-order valence-corrected chi connectivity index (χ4v) is 1.88. The van der Waals surface area contributed by atoms with Gasteiger partial charge in [-0.05, 0) is 13.8 Å². The molecular weight excluding hydrogens is 232 g/mol. The van der Waals surface area contributed by atoms with Crippen LogP contribution in [-0.4, -0.2) is 60.5 Å². The van der Waals surface area contributed by atoms with Gasteiger partial charge in [0.05, 0.1) is 0 Å². The number of hydrogen-bond donors (Lipinski definition) is 2. The molecule has 0 saturated carbocycles. The van der Waals surface area contributed by atoms with E-state index >= 15 is 0 Å². The lowest BCUT2D eigenvalue weighted by atomic mass is 10.1. The fraction of sp³-hybridized carbons (Fsp3) is 0.833. The SMILES string of the molecule is CC(C)NC(=O)N1CCN(C(=O)C(C)CN)CC1. The predicted octanol–water partition coefficient (Wildman–Crippen LogP) is -0.157. The Labute approximate surface area is 108 Å². The molecule has 104 valence electrons. The van der Waals surface area contributed by atoms with Crippen molar-refractivity contribution in [2.45, 2.75) is 26.8 Å². The van der Waals surface area contributed by atoms with Crippen LogP contribution in [0.15, 0.2) is 0 Å². The fourth-order valence-electron chi connectivity index (χ4n) is 1.88. The van der Waals surface area contributed by atoms with Crippen molar-refractivity contribution >= 4 is 11.9 Å². The lowest BCUT2D eigenvalue weighted by Gasteiger charge is -2.36. The Morgan fingerprint density at radius 3 is 2.06 bits per heavy atom. The molecule has 0 radical (unpaired) electrons. The first kappa shape index (κ1) is 14.8. The van der Waals surface area contributed by atoms with Gasteiger partial charge >= 0.3 is 6.03 Å². The van der Waals surface area contributed by atoms with Crippen molar-refractivity contribution in [3.05, 3.63) is 0 Å². The molecule has 0 aromatic heterocycles. The van der Waals surface area contributed by atoms with Crippen molar-refractivity contribution in [1.82, 2.24) is 15.1 Å². The summed E-state index contributed by atoms with van der Waals surface area (Å²) < 4.78 is 0. The molecule has 1 heterocycles. The molecule has 6 heteroatoms. The van der Waals surface area contributed by atoms with Crippen LogP contribution in [0.25, 0.3) is 0 Å². The Bertz CT molecular complexity index is 298. The van der Waals surface area contributed by atoms with Gasteiger partial charge in [-0.2, -0.15) is 0 Å². The number of nitrogens with one attached hydrogen (secondary N) is 1. The number of carbonyl (C=O) groups is 2. The molecule has 0 spiro atoms. The molecule has 0 aromatic rings. The van der Waals surface area contributed by atoms with Crippen molar-refractivity contribution in [3.8, 4) is 0 Å². The van der Waals surface area contributed by atoms with Gasteiger partial charge in [0.15, 0.2) is 0 Å². The van der Waals surface area contributed by atoms with Crippen LogP contribution >= 0.6 is 0 Å². The maximum Gasteiger partial charge on any atom is 0.317 e. The third kappa shape index (κ3) is 3.87. The number of carbonyl (C=O) groups excluding carboxylic acids is 2. The summed E-state index contributed by atoms with van der Waals surface area (Å²) in [4.78, 5) is 27.2. The third-order valence-corrected chi connectivity index (χ3v) is 3.07. The summed E-state index contributed by atoms with van der Waals surface area (Å²) in [7, 11) is 0. The van der Waals surface area contributed by atoms with Crippen LogP contribution in [0.2, 0.25) is 0 Å². The Balaban J connectivity index is 2.41. The molecule has 6 nitrogen and oxygen atoms in total. The molecule has 0 aromatic carbocycles. The largest absolute Gasteiger partial charge is 0.339 e. The van der Waals surface area contributed by atoms with E-state index in [0.29, 0.717) is 32.7 Å². The van der Waals surface area contributed by atoms with E-state index in [-0.39, 0.29) is 23.9 Å². The van der Waals surface area contributed by atoms with E-state index in [1.807, 2.05) is 20.8 Å². The molecule has 1 unspecified atom stereocenters. The minimum atomic E-state index is -0.138. The molecule has 1 rings (SSSR count). The highest BCUT2D eigenvalue weighted by atomic mass is 16.2. The van der Waals surface area contributed by atoms with E-state index in [4.69, 9.17) is 5.73 Å². The molecular formula is C12H24N4O2. The molecule has 0 aliphatic carbocycles. The smallest absolute Gasteiger partial charge is 0.317 e. The van der Waals surface area contributed by atoms with Crippen LogP contribution in [-0.2, 0) is 4.79 Å². The first-order valence-corrected chi connectivity index (χ1v) is 6.50. The van der Waals surface area contributed by atoms with Gasteiger partial charge in [0.2, 0.25) is 5.91 Å². The molecule has 1 atom stereocenters. The molecule has 18 heavy (non-hydrogen) atoms. The quantitative estimate of drug-likeness (QED) is 0.736. The van der Waals surface area contributed by atoms with Gasteiger partial charge < -0.3 is 20.9 Å². The average molecular weight is 256 g/mol. The number of nitrogens with two attached hydrogens (primary N) is 1. The van der Waals surface area contributed by atoms with E-state index < -0.39 is 0 Å². The summed E-state index contributed by atoms with van der Waals surface area (Å²) in [6.07, 6.45) is 0. The van der Waals surface area contributed by atoms with Crippen LogP contribution in [0.5, 0.6) is 0 Å². The molecule has 1 saturated heterocycles. The molecule has 1 aliphatic rings. The Morgan fingerprint density at radius 1 is 1.11 bits per heavy atom. The number of nitrogens with zero attached hydrogens (tertiary/aromatic N) is 2. The zero-order chi connectivity index (χ0) is 13.7. The third-order valence-electron chi connectivity index (χ3n) is 3.07. The molecule has 3 N–H and O–H groups in total. The maximum absolute atomic E-state index is 11.9. The number of hydrogen-bond acceptors (Lipinski definition) is 3. The van der Waals surface area contributed by atoms with E-state index in [1.165, 1.54) is 0 Å². The summed E-state index contributed by atoms with van der Waals surface area (Å²) in [5, 5.41) is 2.85. The van der Waals surface area contributed by atoms with Crippen molar-refractivity contribution in [2.75, 3.05) is 32.7 Å². The molecule has 1 aliphatic heterocycles. The second-order valence-corrected chi connectivity index (χ2v) is 5.05. The second kappa shape index (κ2) is 6.58. The van der Waals surface area contributed by atoms with E-state index in [9.17, 15) is 9.59 Å². The van der Waals surface area contributed by atoms with Crippen LogP contribution in [0.4, 0.5) is 4.79 Å². The van der Waals surface area contributed by atoms with E-state index in [0.717, 1.165) is 0 Å². The Morgan fingerprint density at radius 2 is 1.61 bits per heavy atom. The predicted molar refractivity (Wildman–Crippen MR) is 70.0 cm³/mol. The summed E-state index contributed by atoms with van der Waals surface area (Å²) in [6, 6.07) is 0.0818. The molecule has 1 fully saturated rings. The lowest BCUT2D eigenvalue weighted by Crippen LogP contribution is -2.55.